The van der Waals surface area contributed by atoms with Crippen LogP contribution in [0, 0.1) is 12.8 Å². The number of hydrogen-bond acceptors (Lipinski definition) is 2. The minimum Gasteiger partial charge on any atom is -0.380 e. The fraction of sp³-hybridized carbons (Fsp3) is 0.471. The van der Waals surface area contributed by atoms with Gasteiger partial charge in [0, 0.05) is 17.6 Å². The van der Waals surface area contributed by atoms with Gasteiger partial charge in [-0.05, 0) is 49.4 Å². The lowest BCUT2D eigenvalue weighted by Gasteiger charge is -2.23. The second-order valence-corrected chi connectivity index (χ2v) is 6.21. The number of hydrogen-bond donors (Lipinski definition) is 1. The second kappa shape index (κ2) is 5.61. The third-order valence-corrected chi connectivity index (χ3v) is 4.84. The maximum absolute atomic E-state index is 6.49. The Labute approximate surface area is 125 Å². The Kier molecular flexibility index (Phi) is 3.84. The normalized spacial score (nSPS) is 22.4. The molecule has 1 aliphatic rings. The highest BCUT2D eigenvalue weighted by Crippen LogP contribution is 2.37. The summed E-state index contributed by atoms with van der Waals surface area (Å²) in [5, 5.41) is 5.66. The number of aryl methyl sites for hydroxylation is 1. The second-order valence-electron chi connectivity index (χ2n) is 5.80. The van der Waals surface area contributed by atoms with E-state index in [4.69, 9.17) is 11.6 Å². The van der Waals surface area contributed by atoms with Crippen molar-refractivity contribution in [2.45, 2.75) is 45.6 Å². The van der Waals surface area contributed by atoms with Crippen LogP contribution in [0.25, 0.3) is 10.9 Å². The van der Waals surface area contributed by atoms with Crippen molar-refractivity contribution in [3.05, 3.63) is 35.0 Å². The molecule has 1 heterocycles. The molecule has 0 aliphatic heterocycles. The highest BCUT2D eigenvalue weighted by molar-refractivity contribution is 6.35. The van der Waals surface area contributed by atoms with Gasteiger partial charge >= 0.3 is 0 Å². The zero-order chi connectivity index (χ0) is 14.1. The molecule has 1 N–H and O–H groups in total. The average Bonchev–Trinajstić information content (AvgIpc) is 2.90. The monoisotopic (exact) mass is 288 g/mol. The number of aromatic nitrogens is 1. The van der Waals surface area contributed by atoms with E-state index in [1.165, 1.54) is 25.7 Å². The van der Waals surface area contributed by atoms with Gasteiger partial charge < -0.3 is 5.32 Å². The van der Waals surface area contributed by atoms with Crippen molar-refractivity contribution in [3.8, 4) is 0 Å². The summed E-state index contributed by atoms with van der Waals surface area (Å²) in [6.45, 7) is 4.34. The van der Waals surface area contributed by atoms with E-state index in [0.717, 1.165) is 33.1 Å². The maximum atomic E-state index is 6.49. The fourth-order valence-electron chi connectivity index (χ4n) is 3.43. The lowest BCUT2D eigenvalue weighted by atomic mass is 9.99. The van der Waals surface area contributed by atoms with Crippen LogP contribution in [0.1, 0.15) is 38.2 Å². The highest BCUT2D eigenvalue weighted by atomic mass is 35.5. The first-order chi connectivity index (χ1) is 9.70. The van der Waals surface area contributed by atoms with E-state index in [9.17, 15) is 0 Å². The molecule has 1 saturated carbocycles. The van der Waals surface area contributed by atoms with Crippen LogP contribution >= 0.6 is 11.6 Å². The van der Waals surface area contributed by atoms with E-state index in [1.807, 2.05) is 18.3 Å². The van der Waals surface area contributed by atoms with E-state index in [0.29, 0.717) is 6.04 Å². The van der Waals surface area contributed by atoms with Gasteiger partial charge in [0.1, 0.15) is 0 Å². The van der Waals surface area contributed by atoms with Crippen molar-refractivity contribution in [2.24, 2.45) is 5.92 Å². The van der Waals surface area contributed by atoms with Gasteiger partial charge in [-0.1, -0.05) is 31.4 Å². The Hall–Kier alpha value is -1.28. The Morgan fingerprint density at radius 3 is 3.05 bits per heavy atom. The molecule has 106 valence electrons. The molecule has 0 amide bonds. The molecule has 3 rings (SSSR count). The van der Waals surface area contributed by atoms with Crippen LogP contribution in [0.4, 0.5) is 5.69 Å². The smallest absolute Gasteiger partial charge is 0.0752 e. The number of benzene rings is 1. The van der Waals surface area contributed by atoms with Gasteiger partial charge in [-0.25, -0.2) is 0 Å². The third-order valence-electron chi connectivity index (χ3n) is 4.55. The predicted octanol–water partition coefficient (Wildman–Crippen LogP) is 5.19. The number of nitrogens with zero attached hydrogens (tertiary/aromatic N) is 1. The molecule has 1 aliphatic carbocycles. The number of anilines is 1. The SMILES string of the molecule is CCC1CCCC1Nc1c(Cl)cc(C)c2ncccc12. The Bertz CT molecular complexity index is 624. The van der Waals surface area contributed by atoms with Gasteiger partial charge in [-0.15, -0.1) is 0 Å². The topological polar surface area (TPSA) is 24.9 Å². The first-order valence-electron chi connectivity index (χ1n) is 7.51. The molecule has 0 spiro atoms. The van der Waals surface area contributed by atoms with Crippen molar-refractivity contribution in [1.82, 2.24) is 4.98 Å². The number of nitrogens with one attached hydrogen (secondary N) is 1. The third kappa shape index (κ3) is 2.37. The quantitative estimate of drug-likeness (QED) is 0.841. The van der Waals surface area contributed by atoms with Crippen LogP contribution in [-0.4, -0.2) is 11.0 Å². The Morgan fingerprint density at radius 2 is 2.25 bits per heavy atom. The van der Waals surface area contributed by atoms with Crippen LogP contribution in [-0.2, 0) is 0 Å². The Morgan fingerprint density at radius 1 is 1.40 bits per heavy atom. The first-order valence-corrected chi connectivity index (χ1v) is 7.89. The number of fused-ring (bicyclic) bond motifs is 1. The largest absolute Gasteiger partial charge is 0.380 e. The van der Waals surface area contributed by atoms with E-state index in [-0.39, 0.29) is 0 Å². The van der Waals surface area contributed by atoms with Gasteiger partial charge in [-0.3, -0.25) is 4.98 Å². The van der Waals surface area contributed by atoms with Crippen LogP contribution in [0.2, 0.25) is 5.02 Å². The van der Waals surface area contributed by atoms with Crippen molar-refractivity contribution in [2.75, 3.05) is 5.32 Å². The van der Waals surface area contributed by atoms with Crippen molar-refractivity contribution in [3.63, 3.8) is 0 Å². The molecule has 0 bridgehead atoms. The summed E-state index contributed by atoms with van der Waals surface area (Å²) < 4.78 is 0. The van der Waals surface area contributed by atoms with Gasteiger partial charge in [0.25, 0.3) is 0 Å². The fourth-order valence-corrected chi connectivity index (χ4v) is 3.75. The highest BCUT2D eigenvalue weighted by Gasteiger charge is 2.26. The predicted molar refractivity (Wildman–Crippen MR) is 86.5 cm³/mol. The van der Waals surface area contributed by atoms with Crippen molar-refractivity contribution < 1.29 is 0 Å². The van der Waals surface area contributed by atoms with Gasteiger partial charge in [-0.2, -0.15) is 0 Å². The lowest BCUT2D eigenvalue weighted by molar-refractivity contribution is 0.489. The van der Waals surface area contributed by atoms with Crippen LogP contribution in [0.3, 0.4) is 0 Å². The van der Waals surface area contributed by atoms with Gasteiger partial charge in [0.15, 0.2) is 0 Å². The summed E-state index contributed by atoms with van der Waals surface area (Å²) in [7, 11) is 0. The van der Waals surface area contributed by atoms with E-state index < -0.39 is 0 Å². The zero-order valence-electron chi connectivity index (χ0n) is 12.1. The molecule has 20 heavy (non-hydrogen) atoms. The molecular formula is C17H21ClN2. The minimum absolute atomic E-state index is 0.545. The van der Waals surface area contributed by atoms with Gasteiger partial charge in [0.05, 0.1) is 16.2 Å². The summed E-state index contributed by atoms with van der Waals surface area (Å²) in [4.78, 5) is 4.50. The molecule has 0 radical (unpaired) electrons. The molecule has 1 fully saturated rings. The number of rotatable bonds is 3. The summed E-state index contributed by atoms with van der Waals surface area (Å²) in [5.74, 6) is 0.763. The zero-order valence-corrected chi connectivity index (χ0v) is 12.9. The van der Waals surface area contributed by atoms with Crippen LogP contribution < -0.4 is 5.32 Å². The minimum atomic E-state index is 0.545. The molecule has 2 atom stereocenters. The molecular weight excluding hydrogens is 268 g/mol. The van der Waals surface area contributed by atoms with E-state index in [1.54, 1.807) is 0 Å². The van der Waals surface area contributed by atoms with E-state index >= 15 is 0 Å². The van der Waals surface area contributed by atoms with Crippen molar-refractivity contribution >= 4 is 28.2 Å². The summed E-state index contributed by atoms with van der Waals surface area (Å²) >= 11 is 6.49. The standard InChI is InChI=1S/C17H21ClN2/c1-3-12-6-4-8-15(12)20-17-13-7-5-9-19-16(13)11(2)10-14(17)18/h5,7,9-10,12,15,20H,3-4,6,8H2,1-2H3. The summed E-state index contributed by atoms with van der Waals surface area (Å²) in [5.41, 5.74) is 3.24. The molecule has 1 aromatic heterocycles. The van der Waals surface area contributed by atoms with E-state index in [2.05, 4.69) is 30.2 Å². The molecule has 3 heteroatoms. The first kappa shape index (κ1) is 13.7. The molecule has 1 aromatic carbocycles. The molecule has 2 aromatic rings. The van der Waals surface area contributed by atoms with Crippen LogP contribution in [0.5, 0.6) is 0 Å². The average molecular weight is 289 g/mol. The summed E-state index contributed by atoms with van der Waals surface area (Å²) in [6.07, 6.45) is 6.96. The molecule has 0 saturated heterocycles. The number of pyridine rings is 1. The molecule has 2 unspecified atom stereocenters. The molecule has 2 nitrogen and oxygen atoms in total. The number of halogens is 1. The van der Waals surface area contributed by atoms with Gasteiger partial charge in [0.2, 0.25) is 0 Å². The lowest BCUT2D eigenvalue weighted by Crippen LogP contribution is -2.23. The van der Waals surface area contributed by atoms with Crippen molar-refractivity contribution in [1.29, 1.82) is 0 Å². The summed E-state index contributed by atoms with van der Waals surface area (Å²) in [6, 6.07) is 6.66. The van der Waals surface area contributed by atoms with Crippen LogP contribution in [0.15, 0.2) is 24.4 Å². The Balaban J connectivity index is 2.03. The maximum Gasteiger partial charge on any atom is 0.0752 e.